The number of nitrogens with one attached hydrogen (secondary N) is 2. The van der Waals surface area contributed by atoms with Crippen LogP contribution in [-0.4, -0.2) is 33.2 Å². The van der Waals surface area contributed by atoms with Gasteiger partial charge in [0.1, 0.15) is 17.1 Å². The van der Waals surface area contributed by atoms with Gasteiger partial charge in [-0.1, -0.05) is 0 Å². The standard InChI is InChI=1S/C20H20N4O3/c1-20(10-8-18(25)22-13-20)27-16-5-3-15(4-6-16)26-19-7-2-14(12-21-19)17-9-11-23-24-17/h2-7,9,11-12H,8,10,13H2,1H3,(H,22,25)(H,23,24)/t20-/m1/s1. The minimum Gasteiger partial charge on any atom is -0.486 e. The topological polar surface area (TPSA) is 89.1 Å². The number of pyridine rings is 1. The minimum atomic E-state index is -0.389. The first-order valence-corrected chi connectivity index (χ1v) is 8.79. The van der Waals surface area contributed by atoms with E-state index in [2.05, 4.69) is 20.5 Å². The van der Waals surface area contributed by atoms with Crippen LogP contribution in [0.15, 0.2) is 54.9 Å². The smallest absolute Gasteiger partial charge is 0.220 e. The molecule has 1 atom stereocenters. The van der Waals surface area contributed by atoms with E-state index in [0.717, 1.165) is 17.0 Å². The third-order valence-corrected chi connectivity index (χ3v) is 4.50. The zero-order valence-corrected chi connectivity index (χ0v) is 14.9. The molecule has 2 aromatic heterocycles. The molecule has 1 fully saturated rings. The SMILES string of the molecule is C[C@@]1(Oc2ccc(Oc3ccc(-c4ccn[nH]4)cn3)cc2)CCC(=O)NC1. The average Bonchev–Trinajstić information content (AvgIpc) is 3.21. The van der Waals surface area contributed by atoms with E-state index in [1.807, 2.05) is 49.4 Å². The van der Waals surface area contributed by atoms with Gasteiger partial charge in [0, 0.05) is 30.4 Å². The molecule has 3 aromatic rings. The number of hydrogen-bond acceptors (Lipinski definition) is 5. The zero-order chi connectivity index (χ0) is 18.7. The molecule has 0 bridgehead atoms. The van der Waals surface area contributed by atoms with E-state index in [0.29, 0.717) is 31.0 Å². The highest BCUT2D eigenvalue weighted by Gasteiger charge is 2.31. The fourth-order valence-corrected chi connectivity index (χ4v) is 2.93. The molecule has 0 spiro atoms. The van der Waals surface area contributed by atoms with E-state index in [-0.39, 0.29) is 11.5 Å². The molecule has 0 unspecified atom stereocenters. The first-order valence-electron chi connectivity index (χ1n) is 8.79. The Hall–Kier alpha value is -3.35. The van der Waals surface area contributed by atoms with Crippen LogP contribution >= 0.6 is 0 Å². The van der Waals surface area contributed by atoms with Crippen LogP contribution in [-0.2, 0) is 4.79 Å². The monoisotopic (exact) mass is 364 g/mol. The Morgan fingerprint density at radius 2 is 1.89 bits per heavy atom. The summed E-state index contributed by atoms with van der Waals surface area (Å²) < 4.78 is 11.8. The zero-order valence-electron chi connectivity index (χ0n) is 14.9. The van der Waals surface area contributed by atoms with Crippen LogP contribution in [0.25, 0.3) is 11.3 Å². The van der Waals surface area contributed by atoms with Gasteiger partial charge in [0.15, 0.2) is 0 Å². The number of rotatable bonds is 5. The van der Waals surface area contributed by atoms with Crippen molar-refractivity contribution >= 4 is 5.91 Å². The second-order valence-electron chi connectivity index (χ2n) is 6.76. The van der Waals surface area contributed by atoms with Gasteiger partial charge in [-0.05, 0) is 49.7 Å². The third kappa shape index (κ3) is 4.08. The van der Waals surface area contributed by atoms with Crippen molar-refractivity contribution in [2.75, 3.05) is 6.54 Å². The molecule has 0 aliphatic carbocycles. The number of ether oxygens (including phenoxy) is 2. The van der Waals surface area contributed by atoms with E-state index in [1.165, 1.54) is 0 Å². The predicted octanol–water partition coefficient (Wildman–Crippen LogP) is 3.31. The molecule has 1 saturated heterocycles. The number of carbonyl (C=O) groups is 1. The van der Waals surface area contributed by atoms with Crippen LogP contribution in [0.2, 0.25) is 0 Å². The van der Waals surface area contributed by atoms with Gasteiger partial charge in [0.05, 0.1) is 12.2 Å². The van der Waals surface area contributed by atoms with Gasteiger partial charge in [0.25, 0.3) is 0 Å². The van der Waals surface area contributed by atoms with Crippen molar-refractivity contribution in [3.8, 4) is 28.6 Å². The van der Waals surface area contributed by atoms with Crippen LogP contribution in [0, 0.1) is 0 Å². The van der Waals surface area contributed by atoms with Crippen LogP contribution in [0.3, 0.4) is 0 Å². The Kier molecular flexibility index (Phi) is 4.50. The first-order chi connectivity index (χ1) is 13.1. The van der Waals surface area contributed by atoms with Gasteiger partial charge < -0.3 is 14.8 Å². The third-order valence-electron chi connectivity index (χ3n) is 4.50. The van der Waals surface area contributed by atoms with Crippen molar-refractivity contribution in [1.82, 2.24) is 20.5 Å². The highest BCUT2D eigenvalue weighted by atomic mass is 16.5. The number of piperidine rings is 1. The summed E-state index contributed by atoms with van der Waals surface area (Å²) in [6, 6.07) is 13.0. The van der Waals surface area contributed by atoms with Gasteiger partial charge in [0.2, 0.25) is 11.8 Å². The molecule has 2 N–H and O–H groups in total. The number of amides is 1. The summed E-state index contributed by atoms with van der Waals surface area (Å²) in [5.74, 6) is 1.99. The van der Waals surface area contributed by atoms with Crippen molar-refractivity contribution in [2.45, 2.75) is 25.4 Å². The summed E-state index contributed by atoms with van der Waals surface area (Å²) in [4.78, 5) is 15.6. The van der Waals surface area contributed by atoms with Crippen LogP contribution < -0.4 is 14.8 Å². The van der Waals surface area contributed by atoms with E-state index < -0.39 is 0 Å². The molecule has 7 nitrogen and oxygen atoms in total. The summed E-state index contributed by atoms with van der Waals surface area (Å²) >= 11 is 0. The summed E-state index contributed by atoms with van der Waals surface area (Å²) in [5.41, 5.74) is 1.46. The van der Waals surface area contributed by atoms with E-state index in [9.17, 15) is 4.79 Å². The van der Waals surface area contributed by atoms with Gasteiger partial charge in [-0.25, -0.2) is 4.98 Å². The van der Waals surface area contributed by atoms with E-state index in [1.54, 1.807) is 12.4 Å². The van der Waals surface area contributed by atoms with Gasteiger partial charge in [-0.2, -0.15) is 5.10 Å². The van der Waals surface area contributed by atoms with Crippen molar-refractivity contribution in [1.29, 1.82) is 0 Å². The predicted molar refractivity (Wildman–Crippen MR) is 99.6 cm³/mol. The number of nitrogens with zero attached hydrogens (tertiary/aromatic N) is 2. The molecule has 1 aliphatic rings. The molecular weight excluding hydrogens is 344 g/mol. The molecule has 1 amide bonds. The van der Waals surface area contributed by atoms with Crippen LogP contribution in [0.1, 0.15) is 19.8 Å². The highest BCUT2D eigenvalue weighted by Crippen LogP contribution is 2.28. The lowest BCUT2D eigenvalue weighted by molar-refractivity contribution is -0.125. The Bertz CT molecular complexity index is 895. The van der Waals surface area contributed by atoms with Gasteiger partial charge >= 0.3 is 0 Å². The van der Waals surface area contributed by atoms with E-state index >= 15 is 0 Å². The lowest BCUT2D eigenvalue weighted by atomic mass is 9.96. The fraction of sp³-hybridized carbons (Fsp3) is 0.250. The molecule has 1 aliphatic heterocycles. The molecule has 0 radical (unpaired) electrons. The number of hydrogen-bond donors (Lipinski definition) is 2. The Morgan fingerprint density at radius 3 is 2.52 bits per heavy atom. The number of H-pyrrole nitrogens is 1. The van der Waals surface area contributed by atoms with Crippen molar-refractivity contribution < 1.29 is 14.3 Å². The molecule has 0 saturated carbocycles. The van der Waals surface area contributed by atoms with Crippen molar-refractivity contribution in [3.63, 3.8) is 0 Å². The lowest BCUT2D eigenvalue weighted by Gasteiger charge is -2.34. The molecule has 4 rings (SSSR count). The molecule has 1 aromatic carbocycles. The first kappa shape index (κ1) is 17.1. The number of aromatic nitrogens is 3. The number of carbonyl (C=O) groups excluding carboxylic acids is 1. The number of benzene rings is 1. The lowest BCUT2D eigenvalue weighted by Crippen LogP contribution is -2.49. The second kappa shape index (κ2) is 7.11. The highest BCUT2D eigenvalue weighted by molar-refractivity contribution is 5.77. The largest absolute Gasteiger partial charge is 0.486 e. The summed E-state index contributed by atoms with van der Waals surface area (Å²) in [6.07, 6.45) is 4.62. The number of aromatic amines is 1. The maximum absolute atomic E-state index is 11.3. The summed E-state index contributed by atoms with van der Waals surface area (Å²) in [6.45, 7) is 2.51. The molecule has 27 heavy (non-hydrogen) atoms. The van der Waals surface area contributed by atoms with Crippen LogP contribution in [0.4, 0.5) is 0 Å². The summed E-state index contributed by atoms with van der Waals surface area (Å²) in [7, 11) is 0. The maximum atomic E-state index is 11.3. The summed E-state index contributed by atoms with van der Waals surface area (Å²) in [5, 5.41) is 9.68. The van der Waals surface area contributed by atoms with Crippen LogP contribution in [0.5, 0.6) is 17.4 Å². The molecule has 138 valence electrons. The van der Waals surface area contributed by atoms with E-state index in [4.69, 9.17) is 9.47 Å². The molecule has 3 heterocycles. The van der Waals surface area contributed by atoms with Crippen molar-refractivity contribution in [3.05, 3.63) is 54.9 Å². The Morgan fingerprint density at radius 1 is 1.07 bits per heavy atom. The Balaban J connectivity index is 1.38. The maximum Gasteiger partial charge on any atom is 0.220 e. The molecular formula is C20H20N4O3. The Labute approximate surface area is 156 Å². The van der Waals surface area contributed by atoms with Gasteiger partial charge in [-0.3, -0.25) is 9.89 Å². The quantitative estimate of drug-likeness (QED) is 0.725. The fourth-order valence-electron chi connectivity index (χ4n) is 2.93. The minimum absolute atomic E-state index is 0.0749. The van der Waals surface area contributed by atoms with Gasteiger partial charge in [-0.15, -0.1) is 0 Å². The second-order valence-corrected chi connectivity index (χ2v) is 6.76. The average molecular weight is 364 g/mol. The normalized spacial score (nSPS) is 19.4. The molecule has 7 heteroatoms. The van der Waals surface area contributed by atoms with Crippen molar-refractivity contribution in [2.24, 2.45) is 0 Å².